The summed E-state index contributed by atoms with van der Waals surface area (Å²) in [6.07, 6.45) is 1.24. The number of nitrogens with zero attached hydrogens (tertiary/aromatic N) is 1. The molecule has 5 nitrogen and oxygen atoms in total. The Morgan fingerprint density at radius 1 is 1.60 bits per heavy atom. The number of hydrogen-bond acceptors (Lipinski definition) is 5. The highest BCUT2D eigenvalue weighted by Gasteiger charge is 2.00. The molecule has 1 rings (SSSR count). The Balaban J connectivity index is 2.05. The minimum Gasteiger partial charge on any atom is -0.446 e. The van der Waals surface area contributed by atoms with E-state index < -0.39 is 6.09 Å². The zero-order chi connectivity index (χ0) is 10.9. The highest BCUT2D eigenvalue weighted by molar-refractivity contribution is 8.76. The van der Waals surface area contributed by atoms with Crippen molar-refractivity contribution in [1.82, 2.24) is 10.4 Å². The molecule has 15 heavy (non-hydrogen) atoms. The molecule has 0 aliphatic heterocycles. The van der Waals surface area contributed by atoms with E-state index in [0.29, 0.717) is 12.4 Å². The molecule has 1 aromatic rings. The molecule has 0 aromatic carbocycles. The SMILES string of the molecule is [NH3+]NC(=O)OCCSSc1ccccn1. The first kappa shape index (κ1) is 12.2. The molecule has 0 unspecified atom stereocenters. The van der Waals surface area contributed by atoms with Gasteiger partial charge in [-0.1, -0.05) is 16.9 Å². The molecule has 0 aliphatic rings. The van der Waals surface area contributed by atoms with Crippen LogP contribution in [-0.4, -0.2) is 23.4 Å². The summed E-state index contributed by atoms with van der Waals surface area (Å²) in [5.41, 5.74) is 2.13. The summed E-state index contributed by atoms with van der Waals surface area (Å²) in [6.45, 7) is 0.367. The van der Waals surface area contributed by atoms with Crippen LogP contribution in [0.1, 0.15) is 0 Å². The van der Waals surface area contributed by atoms with E-state index in [9.17, 15) is 4.79 Å². The normalized spacial score (nSPS) is 9.67. The highest BCUT2D eigenvalue weighted by Crippen LogP contribution is 2.28. The van der Waals surface area contributed by atoms with Gasteiger partial charge in [0.25, 0.3) is 0 Å². The molecule has 0 radical (unpaired) electrons. The molecule has 1 heterocycles. The molecule has 0 spiro atoms. The Hall–Kier alpha value is -0.920. The molecule has 0 fully saturated rings. The van der Waals surface area contributed by atoms with Crippen molar-refractivity contribution in [3.63, 3.8) is 0 Å². The molecular formula is C8H12N3O2S2+. The maximum Gasteiger partial charge on any atom is 0.451 e. The summed E-state index contributed by atoms with van der Waals surface area (Å²) in [5, 5.41) is 0.948. The minimum atomic E-state index is -0.501. The molecule has 82 valence electrons. The van der Waals surface area contributed by atoms with Gasteiger partial charge in [0.05, 0.1) is 0 Å². The molecule has 0 aliphatic carbocycles. The molecule has 4 N–H and O–H groups in total. The molecule has 0 saturated heterocycles. The Bertz CT molecular complexity index is 297. The quantitative estimate of drug-likeness (QED) is 0.454. The van der Waals surface area contributed by atoms with Gasteiger partial charge in [-0.25, -0.2) is 9.78 Å². The highest BCUT2D eigenvalue weighted by atomic mass is 33.1. The van der Waals surface area contributed by atoms with E-state index in [1.807, 2.05) is 18.2 Å². The first-order valence-electron chi connectivity index (χ1n) is 4.23. The lowest BCUT2D eigenvalue weighted by atomic mass is 10.5. The number of nitrogens with one attached hydrogen (secondary N) is 1. The van der Waals surface area contributed by atoms with Crippen LogP contribution in [0.3, 0.4) is 0 Å². The van der Waals surface area contributed by atoms with E-state index in [2.05, 4.69) is 16.3 Å². The maximum atomic E-state index is 10.6. The van der Waals surface area contributed by atoms with Gasteiger partial charge in [-0.3, -0.25) is 5.84 Å². The van der Waals surface area contributed by atoms with Gasteiger partial charge in [0, 0.05) is 11.9 Å². The summed E-state index contributed by atoms with van der Waals surface area (Å²) < 4.78 is 4.76. The topological polar surface area (TPSA) is 78.9 Å². The van der Waals surface area contributed by atoms with Gasteiger partial charge in [0.2, 0.25) is 0 Å². The second-order valence-corrected chi connectivity index (χ2v) is 4.82. The summed E-state index contributed by atoms with van der Waals surface area (Å²) >= 11 is 0. The van der Waals surface area contributed by atoms with Crippen LogP contribution < -0.4 is 11.3 Å². The van der Waals surface area contributed by atoms with Crippen molar-refractivity contribution in [1.29, 1.82) is 0 Å². The first-order chi connectivity index (χ1) is 7.33. The van der Waals surface area contributed by atoms with Crippen molar-refractivity contribution in [2.45, 2.75) is 5.03 Å². The number of carbonyl (C=O) groups is 1. The lowest BCUT2D eigenvalue weighted by Gasteiger charge is -2.01. The Labute approximate surface area is 95.5 Å². The second kappa shape index (κ2) is 7.38. The fraction of sp³-hybridized carbons (Fsp3) is 0.250. The van der Waals surface area contributed by atoms with Crippen molar-refractivity contribution >= 4 is 27.7 Å². The fourth-order valence-corrected chi connectivity index (χ4v) is 2.42. The number of pyridine rings is 1. The number of quaternary nitrogens is 1. The van der Waals surface area contributed by atoms with Crippen LogP contribution >= 0.6 is 21.6 Å². The van der Waals surface area contributed by atoms with E-state index in [0.717, 1.165) is 5.03 Å². The molecule has 1 aromatic heterocycles. The third kappa shape index (κ3) is 5.50. The van der Waals surface area contributed by atoms with Crippen LogP contribution in [0.15, 0.2) is 29.4 Å². The van der Waals surface area contributed by atoms with Gasteiger partial charge >= 0.3 is 6.09 Å². The Morgan fingerprint density at radius 3 is 3.13 bits per heavy atom. The average Bonchev–Trinajstić information content (AvgIpc) is 2.29. The largest absolute Gasteiger partial charge is 0.451 e. The Kier molecular flexibility index (Phi) is 5.98. The molecule has 0 bridgehead atoms. The van der Waals surface area contributed by atoms with E-state index >= 15 is 0 Å². The van der Waals surface area contributed by atoms with Crippen LogP contribution in [0.25, 0.3) is 0 Å². The second-order valence-electron chi connectivity index (χ2n) is 2.39. The van der Waals surface area contributed by atoms with Crippen LogP contribution in [-0.2, 0) is 4.74 Å². The number of rotatable bonds is 5. The van der Waals surface area contributed by atoms with Crippen molar-refractivity contribution in [3.8, 4) is 0 Å². The van der Waals surface area contributed by atoms with Gasteiger partial charge in [-0.15, -0.1) is 0 Å². The zero-order valence-corrected chi connectivity index (χ0v) is 9.64. The first-order valence-corrected chi connectivity index (χ1v) is 6.55. The van der Waals surface area contributed by atoms with E-state index in [1.165, 1.54) is 0 Å². The summed E-state index contributed by atoms with van der Waals surface area (Å²) in [4.78, 5) is 14.8. The number of hydrogen-bond donors (Lipinski definition) is 2. The lowest BCUT2D eigenvalue weighted by molar-refractivity contribution is -0.426. The predicted octanol–water partition coefficient (Wildman–Crippen LogP) is 0.705. The average molecular weight is 246 g/mol. The van der Waals surface area contributed by atoms with E-state index in [1.54, 1.807) is 27.8 Å². The summed E-state index contributed by atoms with van der Waals surface area (Å²) in [5.74, 6) is 3.90. The monoisotopic (exact) mass is 246 g/mol. The third-order valence-electron chi connectivity index (χ3n) is 1.33. The molecule has 0 atom stereocenters. The number of carbonyl (C=O) groups excluding carboxylic acids is 1. The fourth-order valence-electron chi connectivity index (χ4n) is 0.718. The van der Waals surface area contributed by atoms with Crippen molar-refractivity contribution in [3.05, 3.63) is 24.4 Å². The van der Waals surface area contributed by atoms with Crippen molar-refractivity contribution < 1.29 is 15.4 Å². The summed E-state index contributed by atoms with van der Waals surface area (Å²) in [7, 11) is 3.15. The van der Waals surface area contributed by atoms with Gasteiger partial charge in [-0.05, 0) is 22.9 Å². The lowest BCUT2D eigenvalue weighted by Crippen LogP contribution is -2.67. The van der Waals surface area contributed by atoms with Crippen molar-refractivity contribution in [2.75, 3.05) is 12.4 Å². The molecular weight excluding hydrogens is 234 g/mol. The predicted molar refractivity (Wildman–Crippen MR) is 59.9 cm³/mol. The number of ether oxygens (including phenoxy) is 1. The number of aromatic nitrogens is 1. The van der Waals surface area contributed by atoms with Gasteiger partial charge in [0.1, 0.15) is 11.6 Å². The van der Waals surface area contributed by atoms with Crippen LogP contribution in [0, 0.1) is 0 Å². The standard InChI is InChI=1S/C8H11N3O2S2/c9-11-8(12)13-5-6-14-15-7-3-1-2-4-10-7/h1-4H,5-6,9H2,(H,11,12)/p+1. The smallest absolute Gasteiger partial charge is 0.446 e. The van der Waals surface area contributed by atoms with E-state index in [-0.39, 0.29) is 0 Å². The van der Waals surface area contributed by atoms with Crippen LogP contribution in [0.2, 0.25) is 0 Å². The van der Waals surface area contributed by atoms with Gasteiger partial charge < -0.3 is 4.74 Å². The van der Waals surface area contributed by atoms with Crippen molar-refractivity contribution in [2.24, 2.45) is 0 Å². The molecule has 7 heteroatoms. The van der Waals surface area contributed by atoms with Crippen LogP contribution in [0.5, 0.6) is 0 Å². The number of amides is 1. The molecule has 0 saturated carbocycles. The van der Waals surface area contributed by atoms with Gasteiger partial charge in [-0.2, -0.15) is 5.43 Å². The zero-order valence-electron chi connectivity index (χ0n) is 8.01. The third-order valence-corrected chi connectivity index (χ3v) is 3.56. The van der Waals surface area contributed by atoms with Crippen LogP contribution in [0.4, 0.5) is 4.79 Å². The summed E-state index contributed by atoms with van der Waals surface area (Å²) in [6, 6.07) is 5.74. The Morgan fingerprint density at radius 2 is 2.47 bits per heavy atom. The minimum absolute atomic E-state index is 0.367. The van der Waals surface area contributed by atoms with Gasteiger partial charge in [0.15, 0.2) is 0 Å². The van der Waals surface area contributed by atoms with E-state index in [4.69, 9.17) is 4.74 Å². The molecule has 1 amide bonds. The maximum absolute atomic E-state index is 10.6.